The smallest absolute Gasteiger partial charge is 0.134 e. The summed E-state index contributed by atoms with van der Waals surface area (Å²) in [4.78, 5) is 12.9. The fourth-order valence-corrected chi connectivity index (χ4v) is 3.56. The average Bonchev–Trinajstić information content (AvgIpc) is 2.97. The summed E-state index contributed by atoms with van der Waals surface area (Å²) in [6.45, 7) is 1.92. The lowest BCUT2D eigenvalue weighted by molar-refractivity contribution is 0.473. The number of aromatic nitrogens is 3. The van der Waals surface area contributed by atoms with E-state index in [1.54, 1.807) is 23.6 Å². The number of fused-ring (bicyclic) bond motifs is 1. The molecule has 0 saturated carbocycles. The monoisotopic (exact) mass is 334 g/mol. The highest BCUT2D eigenvalue weighted by Crippen LogP contribution is 2.33. The van der Waals surface area contributed by atoms with E-state index in [1.165, 1.54) is 6.20 Å². The predicted octanol–water partition coefficient (Wildman–Crippen LogP) is 4.02. The summed E-state index contributed by atoms with van der Waals surface area (Å²) in [6.07, 6.45) is 3.11. The number of benzene rings is 1. The van der Waals surface area contributed by atoms with Crippen molar-refractivity contribution in [2.75, 3.05) is 5.73 Å². The second-order valence-electron chi connectivity index (χ2n) is 5.56. The molecular formula is C18H14N4OS. The molecule has 3 N–H and O–H groups in total. The lowest BCUT2D eigenvalue weighted by Crippen LogP contribution is -1.93. The number of aryl methyl sites for hydroxylation is 1. The zero-order chi connectivity index (χ0) is 16.7. The minimum Gasteiger partial charge on any atom is -0.506 e. The number of hydrogen-bond donors (Lipinski definition) is 2. The number of pyridine rings is 2. The summed E-state index contributed by atoms with van der Waals surface area (Å²) in [5.74, 6) is 0.644. The van der Waals surface area contributed by atoms with Crippen molar-refractivity contribution in [1.29, 1.82) is 0 Å². The van der Waals surface area contributed by atoms with Gasteiger partial charge in [-0.3, -0.25) is 4.98 Å². The van der Waals surface area contributed by atoms with Crippen LogP contribution in [0.1, 0.15) is 5.69 Å². The largest absolute Gasteiger partial charge is 0.506 e. The van der Waals surface area contributed by atoms with Gasteiger partial charge in [0.2, 0.25) is 0 Å². The Balaban J connectivity index is 1.81. The molecule has 5 nitrogen and oxygen atoms in total. The highest BCUT2D eigenvalue weighted by molar-refractivity contribution is 7.21. The summed E-state index contributed by atoms with van der Waals surface area (Å²) >= 11 is 1.57. The molecule has 0 aliphatic carbocycles. The fourth-order valence-electron chi connectivity index (χ4n) is 2.64. The van der Waals surface area contributed by atoms with Gasteiger partial charge in [0.15, 0.2) is 0 Å². The van der Waals surface area contributed by atoms with Crippen molar-refractivity contribution in [1.82, 2.24) is 15.0 Å². The molecule has 0 aliphatic rings. The van der Waals surface area contributed by atoms with Crippen LogP contribution in [0.2, 0.25) is 0 Å². The third-order valence-corrected chi connectivity index (χ3v) is 4.75. The zero-order valence-electron chi connectivity index (χ0n) is 12.9. The van der Waals surface area contributed by atoms with E-state index >= 15 is 0 Å². The molecule has 1 aromatic carbocycles. The van der Waals surface area contributed by atoms with E-state index in [1.807, 2.05) is 31.2 Å². The maximum absolute atomic E-state index is 9.59. The lowest BCUT2D eigenvalue weighted by atomic mass is 10.1. The maximum atomic E-state index is 9.59. The number of rotatable bonds is 2. The maximum Gasteiger partial charge on any atom is 0.134 e. The van der Waals surface area contributed by atoms with Gasteiger partial charge in [0.05, 0.1) is 16.4 Å². The van der Waals surface area contributed by atoms with Gasteiger partial charge >= 0.3 is 0 Å². The van der Waals surface area contributed by atoms with Crippen molar-refractivity contribution in [3.63, 3.8) is 0 Å². The second kappa shape index (κ2) is 5.58. The van der Waals surface area contributed by atoms with Crippen molar-refractivity contribution in [2.45, 2.75) is 6.92 Å². The number of hydrogen-bond acceptors (Lipinski definition) is 6. The SMILES string of the molecule is Cc1cc(-c2ccc3sc(-c4cncc(O)c4)nc3c2)cc(N)n1. The van der Waals surface area contributed by atoms with Gasteiger partial charge in [-0.25, -0.2) is 9.97 Å². The molecule has 3 heterocycles. The highest BCUT2D eigenvalue weighted by atomic mass is 32.1. The third kappa shape index (κ3) is 2.68. The van der Waals surface area contributed by atoms with E-state index in [2.05, 4.69) is 21.0 Å². The average molecular weight is 334 g/mol. The molecule has 4 rings (SSSR count). The first kappa shape index (κ1) is 14.6. The highest BCUT2D eigenvalue weighted by Gasteiger charge is 2.09. The number of nitrogens with two attached hydrogens (primary N) is 1. The van der Waals surface area contributed by atoms with Crippen LogP contribution < -0.4 is 5.73 Å². The van der Waals surface area contributed by atoms with E-state index in [0.29, 0.717) is 5.82 Å². The Morgan fingerprint density at radius 1 is 0.958 bits per heavy atom. The van der Waals surface area contributed by atoms with Gasteiger partial charge in [0.1, 0.15) is 16.6 Å². The van der Waals surface area contributed by atoms with E-state index < -0.39 is 0 Å². The Hall–Kier alpha value is -2.99. The molecule has 0 unspecified atom stereocenters. The van der Waals surface area contributed by atoms with Crippen molar-refractivity contribution < 1.29 is 5.11 Å². The normalized spacial score (nSPS) is 11.0. The lowest BCUT2D eigenvalue weighted by Gasteiger charge is -2.04. The Morgan fingerprint density at radius 3 is 2.62 bits per heavy atom. The molecule has 0 saturated heterocycles. The molecule has 118 valence electrons. The molecule has 0 fully saturated rings. The van der Waals surface area contributed by atoms with Crippen LogP contribution in [-0.4, -0.2) is 20.1 Å². The van der Waals surface area contributed by atoms with Crippen LogP contribution in [-0.2, 0) is 0 Å². The fraction of sp³-hybridized carbons (Fsp3) is 0.0556. The predicted molar refractivity (Wildman–Crippen MR) is 96.9 cm³/mol. The van der Waals surface area contributed by atoms with Gasteiger partial charge in [0.25, 0.3) is 0 Å². The van der Waals surface area contributed by atoms with Gasteiger partial charge in [-0.1, -0.05) is 6.07 Å². The molecule has 24 heavy (non-hydrogen) atoms. The minimum absolute atomic E-state index is 0.134. The zero-order valence-corrected chi connectivity index (χ0v) is 13.7. The summed E-state index contributed by atoms with van der Waals surface area (Å²) < 4.78 is 1.08. The first-order valence-corrected chi connectivity index (χ1v) is 8.20. The van der Waals surface area contributed by atoms with E-state index in [4.69, 9.17) is 5.73 Å². The van der Waals surface area contributed by atoms with E-state index in [0.717, 1.165) is 37.6 Å². The Labute approximate surface area is 142 Å². The van der Waals surface area contributed by atoms with Gasteiger partial charge < -0.3 is 10.8 Å². The Morgan fingerprint density at radius 2 is 1.83 bits per heavy atom. The molecular weight excluding hydrogens is 320 g/mol. The molecule has 6 heteroatoms. The molecule has 0 spiro atoms. The summed E-state index contributed by atoms with van der Waals surface area (Å²) in [7, 11) is 0. The summed E-state index contributed by atoms with van der Waals surface area (Å²) in [6, 6.07) is 11.7. The summed E-state index contributed by atoms with van der Waals surface area (Å²) in [5.41, 5.74) is 10.5. The van der Waals surface area contributed by atoms with Crippen molar-refractivity contribution in [3.8, 4) is 27.4 Å². The molecule has 0 amide bonds. The molecule has 3 aromatic heterocycles. The Bertz CT molecular complexity index is 1040. The van der Waals surface area contributed by atoms with Crippen LogP contribution in [0.3, 0.4) is 0 Å². The summed E-state index contributed by atoms with van der Waals surface area (Å²) in [5, 5.41) is 10.4. The minimum atomic E-state index is 0.134. The number of nitrogen functional groups attached to an aromatic ring is 1. The van der Waals surface area contributed by atoms with E-state index in [-0.39, 0.29) is 5.75 Å². The van der Waals surface area contributed by atoms with Crippen LogP contribution in [0.15, 0.2) is 48.8 Å². The topological polar surface area (TPSA) is 84.9 Å². The molecule has 0 bridgehead atoms. The van der Waals surface area contributed by atoms with Crippen LogP contribution in [0.5, 0.6) is 5.75 Å². The van der Waals surface area contributed by atoms with Crippen molar-refractivity contribution in [2.24, 2.45) is 0 Å². The van der Waals surface area contributed by atoms with Crippen LogP contribution in [0.4, 0.5) is 5.82 Å². The quantitative estimate of drug-likeness (QED) is 0.578. The number of thiazole rings is 1. The van der Waals surface area contributed by atoms with Crippen LogP contribution in [0.25, 0.3) is 31.9 Å². The first-order chi connectivity index (χ1) is 11.6. The molecule has 4 aromatic rings. The van der Waals surface area contributed by atoms with E-state index in [9.17, 15) is 5.11 Å². The number of nitrogens with zero attached hydrogens (tertiary/aromatic N) is 3. The number of aromatic hydroxyl groups is 1. The first-order valence-electron chi connectivity index (χ1n) is 7.38. The molecule has 0 radical (unpaired) electrons. The third-order valence-electron chi connectivity index (χ3n) is 3.66. The van der Waals surface area contributed by atoms with Crippen molar-refractivity contribution >= 4 is 27.4 Å². The molecule has 0 aliphatic heterocycles. The van der Waals surface area contributed by atoms with Crippen LogP contribution >= 0.6 is 11.3 Å². The van der Waals surface area contributed by atoms with Gasteiger partial charge in [0, 0.05) is 17.5 Å². The van der Waals surface area contributed by atoms with Gasteiger partial charge in [-0.2, -0.15) is 0 Å². The molecule has 0 atom stereocenters. The number of anilines is 1. The van der Waals surface area contributed by atoms with Crippen molar-refractivity contribution in [3.05, 3.63) is 54.5 Å². The van der Waals surface area contributed by atoms with Gasteiger partial charge in [-0.05, 0) is 48.4 Å². The standard InChI is InChI=1S/C18H14N4OS/c1-10-4-12(7-17(19)21-10)11-2-3-16-15(6-11)22-18(24-16)13-5-14(23)9-20-8-13/h2-9,23H,1H3,(H2,19,21). The van der Waals surface area contributed by atoms with Crippen LogP contribution in [0, 0.1) is 6.92 Å². The second-order valence-corrected chi connectivity index (χ2v) is 6.59. The Kier molecular flexibility index (Phi) is 3.39. The van der Waals surface area contributed by atoms with Gasteiger partial charge in [-0.15, -0.1) is 11.3 Å².